The Morgan fingerprint density at radius 1 is 1.33 bits per heavy atom. The zero-order chi connectivity index (χ0) is 15.0. The van der Waals surface area contributed by atoms with Crippen LogP contribution in [0.3, 0.4) is 0 Å². The summed E-state index contributed by atoms with van der Waals surface area (Å²) in [6.07, 6.45) is 4.84. The van der Waals surface area contributed by atoms with Gasteiger partial charge in [0, 0.05) is 17.9 Å². The smallest absolute Gasteiger partial charge is 0.249 e. The van der Waals surface area contributed by atoms with E-state index in [4.69, 9.17) is 10.3 Å². The van der Waals surface area contributed by atoms with Crippen molar-refractivity contribution in [1.29, 1.82) is 0 Å². The lowest BCUT2D eigenvalue weighted by Gasteiger charge is -2.20. The van der Waals surface area contributed by atoms with Crippen molar-refractivity contribution in [2.75, 3.05) is 0 Å². The average molecular weight is 292 g/mol. The molecule has 2 fully saturated rings. The first-order valence-electron chi connectivity index (χ1n) is 7.94. The molecule has 6 heteroatoms. The van der Waals surface area contributed by atoms with Crippen LogP contribution in [0.15, 0.2) is 4.52 Å². The van der Waals surface area contributed by atoms with Crippen LogP contribution in [0.5, 0.6) is 0 Å². The van der Waals surface area contributed by atoms with Gasteiger partial charge in [-0.3, -0.25) is 4.79 Å². The number of nitrogens with one attached hydrogen (secondary N) is 1. The van der Waals surface area contributed by atoms with Crippen LogP contribution in [0.4, 0.5) is 0 Å². The fourth-order valence-corrected chi connectivity index (χ4v) is 2.92. The topological polar surface area (TPSA) is 94.0 Å². The van der Waals surface area contributed by atoms with Gasteiger partial charge >= 0.3 is 0 Å². The number of carbonyl (C=O) groups is 1. The van der Waals surface area contributed by atoms with Crippen molar-refractivity contribution in [3.8, 4) is 0 Å². The van der Waals surface area contributed by atoms with Crippen molar-refractivity contribution >= 4 is 5.91 Å². The number of aromatic nitrogens is 2. The van der Waals surface area contributed by atoms with Crippen LogP contribution in [0.2, 0.25) is 0 Å². The van der Waals surface area contributed by atoms with Gasteiger partial charge in [-0.25, -0.2) is 0 Å². The molecule has 1 heterocycles. The van der Waals surface area contributed by atoms with Crippen molar-refractivity contribution in [2.24, 2.45) is 17.6 Å². The minimum atomic E-state index is -0.214. The van der Waals surface area contributed by atoms with Crippen molar-refractivity contribution in [3.63, 3.8) is 0 Å². The normalized spacial score (nSPS) is 27.0. The highest BCUT2D eigenvalue weighted by Gasteiger charge is 2.34. The van der Waals surface area contributed by atoms with Crippen LogP contribution >= 0.6 is 0 Å². The average Bonchev–Trinajstić information content (AvgIpc) is 3.01. The maximum absolute atomic E-state index is 12.4. The summed E-state index contributed by atoms with van der Waals surface area (Å²) in [4.78, 5) is 16.8. The molecular formula is C15H24N4O2. The Hall–Kier alpha value is -1.43. The van der Waals surface area contributed by atoms with E-state index in [2.05, 4.69) is 15.5 Å². The highest BCUT2D eigenvalue weighted by Crippen LogP contribution is 2.38. The second-order valence-corrected chi connectivity index (χ2v) is 6.77. The summed E-state index contributed by atoms with van der Waals surface area (Å²) in [6.45, 7) is 4.10. The van der Waals surface area contributed by atoms with Gasteiger partial charge in [-0.15, -0.1) is 0 Å². The van der Waals surface area contributed by atoms with E-state index in [1.165, 1.54) is 0 Å². The fraction of sp³-hybridized carbons (Fsp3) is 0.800. The molecule has 0 saturated heterocycles. The number of carbonyl (C=O) groups excluding carboxylic acids is 1. The lowest BCUT2D eigenvalue weighted by Crippen LogP contribution is -2.36. The standard InChI is InChI=1S/C15H24N4O2/c1-8(2)12(15-18-13(19-21-15)9-3-4-9)17-14(20)10-5-6-11(16)7-10/h8-12H,3-7,16H2,1-2H3,(H,17,20). The first-order chi connectivity index (χ1) is 10.0. The van der Waals surface area contributed by atoms with Crippen LogP contribution in [0.25, 0.3) is 0 Å². The minimum absolute atomic E-state index is 0.0204. The molecule has 21 heavy (non-hydrogen) atoms. The maximum atomic E-state index is 12.4. The van der Waals surface area contributed by atoms with E-state index in [9.17, 15) is 4.79 Å². The van der Waals surface area contributed by atoms with Gasteiger partial charge < -0.3 is 15.6 Å². The Morgan fingerprint density at radius 3 is 2.67 bits per heavy atom. The summed E-state index contributed by atoms with van der Waals surface area (Å²) >= 11 is 0. The fourth-order valence-electron chi connectivity index (χ4n) is 2.92. The number of nitrogens with two attached hydrogens (primary N) is 1. The molecule has 3 atom stereocenters. The number of hydrogen-bond donors (Lipinski definition) is 2. The van der Waals surface area contributed by atoms with Crippen molar-refractivity contribution < 1.29 is 9.32 Å². The van der Waals surface area contributed by atoms with Gasteiger partial charge in [-0.2, -0.15) is 4.98 Å². The molecular weight excluding hydrogens is 268 g/mol. The lowest BCUT2D eigenvalue weighted by molar-refractivity contribution is -0.126. The predicted molar refractivity (Wildman–Crippen MR) is 77.3 cm³/mol. The Balaban J connectivity index is 1.67. The van der Waals surface area contributed by atoms with E-state index in [1.807, 2.05) is 13.8 Å². The van der Waals surface area contributed by atoms with Gasteiger partial charge in [-0.1, -0.05) is 19.0 Å². The molecule has 1 amide bonds. The monoisotopic (exact) mass is 292 g/mol. The molecule has 0 radical (unpaired) electrons. The first kappa shape index (κ1) is 14.5. The third-order valence-corrected chi connectivity index (χ3v) is 4.47. The number of rotatable bonds is 5. The van der Waals surface area contributed by atoms with Crippen LogP contribution in [-0.4, -0.2) is 22.1 Å². The van der Waals surface area contributed by atoms with Gasteiger partial charge in [0.25, 0.3) is 0 Å². The quantitative estimate of drug-likeness (QED) is 0.864. The molecule has 116 valence electrons. The van der Waals surface area contributed by atoms with Crippen LogP contribution in [0, 0.1) is 11.8 Å². The Labute approximate surface area is 124 Å². The molecule has 2 saturated carbocycles. The second-order valence-electron chi connectivity index (χ2n) is 6.77. The lowest BCUT2D eigenvalue weighted by atomic mass is 10.0. The van der Waals surface area contributed by atoms with Gasteiger partial charge in [-0.05, 0) is 38.0 Å². The van der Waals surface area contributed by atoms with Gasteiger partial charge in [0.05, 0.1) is 0 Å². The Morgan fingerprint density at radius 2 is 2.10 bits per heavy atom. The van der Waals surface area contributed by atoms with Gasteiger partial charge in [0.2, 0.25) is 11.8 Å². The molecule has 0 spiro atoms. The number of amides is 1. The number of nitrogens with zero attached hydrogens (tertiary/aromatic N) is 2. The van der Waals surface area contributed by atoms with E-state index < -0.39 is 0 Å². The van der Waals surface area contributed by atoms with E-state index >= 15 is 0 Å². The Bertz CT molecular complexity index is 510. The van der Waals surface area contributed by atoms with Crippen LogP contribution in [-0.2, 0) is 4.79 Å². The molecule has 1 aromatic heterocycles. The molecule has 2 aliphatic rings. The van der Waals surface area contributed by atoms with Crippen molar-refractivity contribution in [1.82, 2.24) is 15.5 Å². The van der Waals surface area contributed by atoms with E-state index in [1.54, 1.807) is 0 Å². The molecule has 2 aliphatic carbocycles. The highest BCUT2D eigenvalue weighted by atomic mass is 16.5. The minimum Gasteiger partial charge on any atom is -0.344 e. The maximum Gasteiger partial charge on any atom is 0.249 e. The van der Waals surface area contributed by atoms with Gasteiger partial charge in [0.1, 0.15) is 6.04 Å². The Kier molecular flexibility index (Phi) is 3.97. The zero-order valence-corrected chi connectivity index (χ0v) is 12.7. The van der Waals surface area contributed by atoms with E-state index in [-0.39, 0.29) is 29.8 Å². The summed E-state index contributed by atoms with van der Waals surface area (Å²) in [5.74, 6) is 2.06. The summed E-state index contributed by atoms with van der Waals surface area (Å²) in [7, 11) is 0. The summed E-state index contributed by atoms with van der Waals surface area (Å²) in [5, 5.41) is 7.12. The van der Waals surface area contributed by atoms with Crippen molar-refractivity contribution in [2.45, 2.75) is 64.0 Å². The molecule has 6 nitrogen and oxygen atoms in total. The first-order valence-corrected chi connectivity index (χ1v) is 7.94. The SMILES string of the molecule is CC(C)C(NC(=O)C1CCC(N)C1)c1nc(C2CC2)no1. The van der Waals surface area contributed by atoms with Crippen LogP contribution in [0.1, 0.15) is 69.6 Å². The third kappa shape index (κ3) is 3.26. The highest BCUT2D eigenvalue weighted by molar-refractivity contribution is 5.79. The predicted octanol–water partition coefficient (Wildman–Crippen LogP) is 1.89. The molecule has 3 unspecified atom stereocenters. The van der Waals surface area contributed by atoms with E-state index in [0.29, 0.717) is 11.8 Å². The van der Waals surface area contributed by atoms with Crippen LogP contribution < -0.4 is 11.1 Å². The zero-order valence-electron chi connectivity index (χ0n) is 12.7. The van der Waals surface area contributed by atoms with Crippen molar-refractivity contribution in [3.05, 3.63) is 11.7 Å². The second kappa shape index (κ2) is 5.75. The molecule has 1 aromatic rings. The molecule has 0 aromatic carbocycles. The summed E-state index contributed by atoms with van der Waals surface area (Å²) in [5.41, 5.74) is 5.89. The van der Waals surface area contributed by atoms with E-state index in [0.717, 1.165) is 37.9 Å². The molecule has 0 bridgehead atoms. The summed E-state index contributed by atoms with van der Waals surface area (Å²) < 4.78 is 5.37. The summed E-state index contributed by atoms with van der Waals surface area (Å²) in [6, 6.07) is -0.0579. The number of hydrogen-bond acceptors (Lipinski definition) is 5. The third-order valence-electron chi connectivity index (χ3n) is 4.47. The largest absolute Gasteiger partial charge is 0.344 e. The molecule has 3 rings (SSSR count). The molecule has 0 aliphatic heterocycles. The van der Waals surface area contributed by atoms with Gasteiger partial charge in [0.15, 0.2) is 5.82 Å². The molecule has 3 N–H and O–H groups in total.